The fourth-order valence-electron chi connectivity index (χ4n) is 4.35. The number of anilines is 1. The molecule has 198 valence electrons. The number of hydrogen-bond donors (Lipinski definition) is 1. The van der Waals surface area contributed by atoms with E-state index in [4.69, 9.17) is 14.2 Å². The molecule has 0 spiro atoms. The van der Waals surface area contributed by atoms with Crippen molar-refractivity contribution in [2.45, 2.75) is 32.9 Å². The standard InChI is InChI=1S/C29H27F2NO6/c1-5-37-24-14-17(9-12-23(24)36-4)26-25(27(33)18-7-6-8-20(13-18)38-16(2)3)28(34)29(35)32(26)22-11-10-19(30)15-21(22)31/h6-16,26,33H,5H2,1-4H3/b27-25+. The molecule has 1 aliphatic heterocycles. The summed E-state index contributed by atoms with van der Waals surface area (Å²) in [6.07, 6.45) is -0.143. The highest BCUT2D eigenvalue weighted by molar-refractivity contribution is 6.51. The second-order valence-corrected chi connectivity index (χ2v) is 8.80. The van der Waals surface area contributed by atoms with E-state index in [1.807, 2.05) is 13.8 Å². The minimum absolute atomic E-state index is 0.143. The third kappa shape index (κ3) is 5.04. The van der Waals surface area contributed by atoms with Gasteiger partial charge in [0.2, 0.25) is 0 Å². The van der Waals surface area contributed by atoms with E-state index in [0.717, 1.165) is 17.0 Å². The summed E-state index contributed by atoms with van der Waals surface area (Å²) in [4.78, 5) is 27.6. The van der Waals surface area contributed by atoms with Crippen molar-refractivity contribution in [2.24, 2.45) is 0 Å². The van der Waals surface area contributed by atoms with Crippen molar-refractivity contribution < 1.29 is 37.7 Å². The van der Waals surface area contributed by atoms with Crippen molar-refractivity contribution in [3.05, 3.63) is 89.0 Å². The number of Topliss-reactive ketones (excluding diaryl/α,β-unsaturated/α-hetero) is 1. The molecular weight excluding hydrogens is 496 g/mol. The summed E-state index contributed by atoms with van der Waals surface area (Å²) in [6, 6.07) is 12.6. The average Bonchev–Trinajstić information content (AvgIpc) is 3.13. The number of aliphatic hydroxyl groups excluding tert-OH is 1. The van der Waals surface area contributed by atoms with Gasteiger partial charge in [0, 0.05) is 11.6 Å². The molecule has 9 heteroatoms. The lowest BCUT2D eigenvalue weighted by Gasteiger charge is -2.26. The van der Waals surface area contributed by atoms with Crippen molar-refractivity contribution in [3.63, 3.8) is 0 Å². The predicted octanol–water partition coefficient (Wildman–Crippen LogP) is 5.79. The van der Waals surface area contributed by atoms with Crippen LogP contribution < -0.4 is 19.1 Å². The highest BCUT2D eigenvalue weighted by Crippen LogP contribution is 2.45. The molecule has 1 amide bonds. The molecule has 3 aromatic carbocycles. The molecule has 0 bridgehead atoms. The highest BCUT2D eigenvalue weighted by atomic mass is 19.1. The zero-order valence-corrected chi connectivity index (χ0v) is 21.3. The first-order valence-corrected chi connectivity index (χ1v) is 12.0. The number of carbonyl (C=O) groups is 2. The van der Waals surface area contributed by atoms with E-state index in [9.17, 15) is 23.5 Å². The summed E-state index contributed by atoms with van der Waals surface area (Å²) in [5.74, 6) is -3.29. The van der Waals surface area contributed by atoms with Gasteiger partial charge in [-0.05, 0) is 62.7 Å². The molecule has 4 rings (SSSR count). The maximum atomic E-state index is 15.0. The number of halogens is 2. The second-order valence-electron chi connectivity index (χ2n) is 8.80. The Morgan fingerprint density at radius 1 is 1.03 bits per heavy atom. The molecular formula is C29H27F2NO6. The van der Waals surface area contributed by atoms with Crippen LogP contribution in [0.4, 0.5) is 14.5 Å². The summed E-state index contributed by atoms with van der Waals surface area (Å²) in [6.45, 7) is 5.76. The largest absolute Gasteiger partial charge is 0.507 e. The predicted molar refractivity (Wildman–Crippen MR) is 138 cm³/mol. The number of benzene rings is 3. The van der Waals surface area contributed by atoms with Crippen LogP contribution in [0.25, 0.3) is 5.76 Å². The van der Waals surface area contributed by atoms with Gasteiger partial charge in [-0.15, -0.1) is 0 Å². The zero-order valence-electron chi connectivity index (χ0n) is 21.3. The van der Waals surface area contributed by atoms with E-state index in [0.29, 0.717) is 35.5 Å². The molecule has 1 aliphatic rings. The van der Waals surface area contributed by atoms with E-state index >= 15 is 0 Å². The second kappa shape index (κ2) is 10.9. The van der Waals surface area contributed by atoms with Crippen LogP contribution >= 0.6 is 0 Å². The van der Waals surface area contributed by atoms with Gasteiger partial charge in [0.25, 0.3) is 11.7 Å². The van der Waals surface area contributed by atoms with Crippen molar-refractivity contribution in [1.29, 1.82) is 0 Å². The van der Waals surface area contributed by atoms with E-state index in [2.05, 4.69) is 0 Å². The number of ether oxygens (including phenoxy) is 3. The number of rotatable bonds is 8. The van der Waals surface area contributed by atoms with Crippen molar-refractivity contribution >= 4 is 23.1 Å². The van der Waals surface area contributed by atoms with Crippen molar-refractivity contribution in [3.8, 4) is 17.2 Å². The van der Waals surface area contributed by atoms with Crippen LogP contribution in [-0.2, 0) is 9.59 Å². The fraction of sp³-hybridized carbons (Fsp3) is 0.241. The molecule has 3 aromatic rings. The lowest BCUT2D eigenvalue weighted by molar-refractivity contribution is -0.132. The molecule has 1 atom stereocenters. The Balaban J connectivity index is 1.96. The summed E-state index contributed by atoms with van der Waals surface area (Å²) >= 11 is 0. The van der Waals surface area contributed by atoms with E-state index in [1.54, 1.807) is 43.3 Å². The Hall–Kier alpha value is -4.40. The topological polar surface area (TPSA) is 85.3 Å². The van der Waals surface area contributed by atoms with E-state index in [1.165, 1.54) is 13.2 Å². The van der Waals surface area contributed by atoms with E-state index < -0.39 is 35.1 Å². The molecule has 1 N–H and O–H groups in total. The van der Waals surface area contributed by atoms with Crippen LogP contribution in [0.15, 0.2) is 66.2 Å². The quantitative estimate of drug-likeness (QED) is 0.229. The lowest BCUT2D eigenvalue weighted by Crippen LogP contribution is -2.30. The van der Waals surface area contributed by atoms with Crippen LogP contribution in [0.5, 0.6) is 17.2 Å². The smallest absolute Gasteiger partial charge is 0.300 e. The monoisotopic (exact) mass is 523 g/mol. The van der Waals surface area contributed by atoms with E-state index in [-0.39, 0.29) is 22.9 Å². The van der Waals surface area contributed by atoms with Crippen molar-refractivity contribution in [1.82, 2.24) is 0 Å². The molecule has 0 aliphatic carbocycles. The average molecular weight is 524 g/mol. The van der Waals surface area contributed by atoms with Crippen LogP contribution in [0.1, 0.15) is 37.9 Å². The van der Waals surface area contributed by atoms with Gasteiger partial charge in [0.05, 0.1) is 37.1 Å². The normalized spacial score (nSPS) is 16.7. The fourth-order valence-corrected chi connectivity index (χ4v) is 4.35. The summed E-state index contributed by atoms with van der Waals surface area (Å²) in [7, 11) is 1.46. The number of carbonyl (C=O) groups excluding carboxylic acids is 2. The van der Waals surface area contributed by atoms with Crippen LogP contribution in [-0.4, -0.2) is 36.6 Å². The van der Waals surface area contributed by atoms with Gasteiger partial charge in [-0.3, -0.25) is 14.5 Å². The maximum absolute atomic E-state index is 15.0. The summed E-state index contributed by atoms with van der Waals surface area (Å²) < 4.78 is 45.4. The number of hydrogen-bond acceptors (Lipinski definition) is 6. The molecule has 1 fully saturated rings. The third-order valence-corrected chi connectivity index (χ3v) is 5.90. The molecule has 1 unspecified atom stereocenters. The Bertz CT molecular complexity index is 1420. The molecule has 0 aromatic heterocycles. The number of amides is 1. The number of ketones is 1. The number of nitrogens with zero attached hydrogens (tertiary/aromatic N) is 1. The highest BCUT2D eigenvalue weighted by Gasteiger charge is 2.48. The molecule has 0 saturated carbocycles. The Morgan fingerprint density at radius 3 is 2.45 bits per heavy atom. The third-order valence-electron chi connectivity index (χ3n) is 5.90. The first-order valence-electron chi connectivity index (χ1n) is 12.0. The Labute approximate surface area is 218 Å². The van der Waals surface area contributed by atoms with Crippen molar-refractivity contribution in [2.75, 3.05) is 18.6 Å². The molecule has 0 radical (unpaired) electrons. The van der Waals surface area contributed by atoms with Gasteiger partial charge in [0.1, 0.15) is 23.1 Å². The van der Waals surface area contributed by atoms with Gasteiger partial charge in [-0.25, -0.2) is 8.78 Å². The first kappa shape index (κ1) is 26.7. The Kier molecular flexibility index (Phi) is 7.66. The van der Waals surface area contributed by atoms with Gasteiger partial charge in [-0.2, -0.15) is 0 Å². The lowest BCUT2D eigenvalue weighted by atomic mass is 9.94. The Morgan fingerprint density at radius 2 is 1.79 bits per heavy atom. The summed E-state index contributed by atoms with van der Waals surface area (Å²) in [5.41, 5.74) is -0.0196. The summed E-state index contributed by atoms with van der Waals surface area (Å²) in [5, 5.41) is 11.4. The zero-order chi connectivity index (χ0) is 27.6. The van der Waals surface area contributed by atoms with Gasteiger partial charge < -0.3 is 19.3 Å². The van der Waals surface area contributed by atoms with Crippen LogP contribution in [0.2, 0.25) is 0 Å². The van der Waals surface area contributed by atoms with Gasteiger partial charge >= 0.3 is 0 Å². The van der Waals surface area contributed by atoms with Crippen LogP contribution in [0, 0.1) is 11.6 Å². The number of aliphatic hydroxyl groups is 1. The molecule has 7 nitrogen and oxygen atoms in total. The molecule has 1 saturated heterocycles. The number of methoxy groups -OCH3 is 1. The minimum atomic E-state index is -1.25. The molecule has 38 heavy (non-hydrogen) atoms. The maximum Gasteiger partial charge on any atom is 0.300 e. The first-order chi connectivity index (χ1) is 18.2. The SMILES string of the molecule is CCOc1cc(C2/C(=C(\O)c3cccc(OC(C)C)c3)C(=O)C(=O)N2c2ccc(F)cc2F)ccc1OC. The molecule has 1 heterocycles. The van der Waals surface area contributed by atoms with Crippen LogP contribution in [0.3, 0.4) is 0 Å². The van der Waals surface area contributed by atoms with Gasteiger partial charge in [0.15, 0.2) is 11.5 Å². The van der Waals surface area contributed by atoms with Gasteiger partial charge in [-0.1, -0.05) is 18.2 Å². The minimum Gasteiger partial charge on any atom is -0.507 e.